The maximum Gasteiger partial charge on any atom is 0.241 e. The molecule has 0 saturated carbocycles. The van der Waals surface area contributed by atoms with Gasteiger partial charge in [-0.05, 0) is 19.2 Å². The number of hydrogen-bond donors (Lipinski definition) is 1. The minimum Gasteiger partial charge on any atom is -0.224 e. The molecule has 0 heterocycles. The van der Waals surface area contributed by atoms with Crippen molar-refractivity contribution < 1.29 is 25.3 Å². The molecule has 7 nitrogen and oxygen atoms in total. The number of benzene rings is 1. The summed E-state index contributed by atoms with van der Waals surface area (Å²) in [5.41, 5.74) is 0. The van der Waals surface area contributed by atoms with Gasteiger partial charge in [0, 0.05) is 10.7 Å². The van der Waals surface area contributed by atoms with Crippen molar-refractivity contribution in [3.8, 4) is 0 Å². The third-order valence-corrected chi connectivity index (χ3v) is 7.12. The highest BCUT2D eigenvalue weighted by Crippen LogP contribution is 2.22. The second kappa shape index (κ2) is 5.98. The lowest BCUT2D eigenvalue weighted by atomic mass is 10.4. The minimum absolute atomic E-state index is 0.436. The van der Waals surface area contributed by atoms with E-state index < -0.39 is 50.2 Å². The summed E-state index contributed by atoms with van der Waals surface area (Å²) in [6.07, 6.45) is 0. The Bertz CT molecular complexity index is 798. The van der Waals surface area contributed by atoms with E-state index in [-0.39, 0.29) is 0 Å². The van der Waals surface area contributed by atoms with Crippen LogP contribution in [-0.4, -0.2) is 43.8 Å². The zero-order valence-electron chi connectivity index (χ0n) is 10.3. The SMILES string of the molecule is CNS(=O)(=O)c1ccccc1S(=O)(=O)CCS(=O)(=O)Cl. The van der Waals surface area contributed by atoms with Gasteiger partial charge in [-0.1, -0.05) is 12.1 Å². The third-order valence-electron chi connectivity index (χ3n) is 2.34. The van der Waals surface area contributed by atoms with E-state index in [4.69, 9.17) is 10.7 Å². The molecule has 0 aliphatic carbocycles. The molecule has 0 spiro atoms. The molecule has 1 N–H and O–H groups in total. The molecule has 20 heavy (non-hydrogen) atoms. The Labute approximate surface area is 122 Å². The lowest BCUT2D eigenvalue weighted by Crippen LogP contribution is -2.23. The van der Waals surface area contributed by atoms with E-state index in [0.717, 1.165) is 19.2 Å². The predicted octanol–water partition coefficient (Wildman–Crippen LogP) is -0.0630. The van der Waals surface area contributed by atoms with Gasteiger partial charge in [-0.15, -0.1) is 0 Å². The van der Waals surface area contributed by atoms with Crippen LogP contribution in [0.2, 0.25) is 0 Å². The van der Waals surface area contributed by atoms with Crippen molar-refractivity contribution in [1.82, 2.24) is 4.72 Å². The first-order chi connectivity index (χ1) is 8.99. The average molecular weight is 362 g/mol. The van der Waals surface area contributed by atoms with E-state index >= 15 is 0 Å². The Morgan fingerprint density at radius 1 is 0.950 bits per heavy atom. The molecule has 0 aliphatic rings. The first-order valence-electron chi connectivity index (χ1n) is 5.17. The van der Waals surface area contributed by atoms with E-state index in [2.05, 4.69) is 0 Å². The van der Waals surface area contributed by atoms with E-state index in [0.29, 0.717) is 0 Å². The fourth-order valence-electron chi connectivity index (χ4n) is 1.36. The van der Waals surface area contributed by atoms with Crippen LogP contribution in [0.25, 0.3) is 0 Å². The van der Waals surface area contributed by atoms with Gasteiger partial charge < -0.3 is 0 Å². The summed E-state index contributed by atoms with van der Waals surface area (Å²) in [5, 5.41) is 0. The average Bonchev–Trinajstić information content (AvgIpc) is 2.36. The van der Waals surface area contributed by atoms with Crippen molar-refractivity contribution in [1.29, 1.82) is 0 Å². The van der Waals surface area contributed by atoms with E-state index in [1.165, 1.54) is 12.1 Å². The second-order valence-electron chi connectivity index (χ2n) is 3.72. The molecule has 0 saturated heterocycles. The van der Waals surface area contributed by atoms with Crippen molar-refractivity contribution in [2.24, 2.45) is 0 Å². The van der Waals surface area contributed by atoms with Crippen LogP contribution in [0, 0.1) is 0 Å². The van der Waals surface area contributed by atoms with Crippen molar-refractivity contribution in [3.05, 3.63) is 24.3 Å². The number of nitrogens with one attached hydrogen (secondary N) is 1. The van der Waals surface area contributed by atoms with Crippen LogP contribution in [0.4, 0.5) is 0 Å². The van der Waals surface area contributed by atoms with Crippen LogP contribution < -0.4 is 4.72 Å². The molecule has 0 fully saturated rings. The Morgan fingerprint density at radius 2 is 1.45 bits per heavy atom. The largest absolute Gasteiger partial charge is 0.241 e. The van der Waals surface area contributed by atoms with Crippen molar-refractivity contribution in [2.75, 3.05) is 18.6 Å². The molecular weight excluding hydrogens is 350 g/mol. The smallest absolute Gasteiger partial charge is 0.224 e. The zero-order chi connectivity index (χ0) is 15.6. The molecule has 1 rings (SSSR count). The molecule has 114 valence electrons. The summed E-state index contributed by atoms with van der Waals surface area (Å²) in [7, 11) is -5.97. The fraction of sp³-hybridized carbons (Fsp3) is 0.333. The summed E-state index contributed by atoms with van der Waals surface area (Å²) in [5.74, 6) is -1.60. The van der Waals surface area contributed by atoms with Gasteiger partial charge in [0.1, 0.15) is 4.90 Å². The van der Waals surface area contributed by atoms with Gasteiger partial charge in [-0.2, -0.15) is 0 Å². The molecule has 11 heteroatoms. The second-order valence-corrected chi connectivity index (χ2v) is 10.5. The Kier molecular flexibility index (Phi) is 5.19. The molecule has 0 aromatic heterocycles. The minimum atomic E-state index is -4.10. The van der Waals surface area contributed by atoms with Gasteiger partial charge in [0.2, 0.25) is 19.1 Å². The molecule has 0 amide bonds. The Hall–Kier alpha value is -0.680. The number of hydrogen-bond acceptors (Lipinski definition) is 6. The molecule has 0 unspecified atom stereocenters. The fourth-order valence-corrected chi connectivity index (χ4v) is 6.00. The summed E-state index contributed by atoms with van der Waals surface area (Å²) in [4.78, 5) is -0.899. The van der Waals surface area contributed by atoms with Crippen molar-refractivity contribution in [3.63, 3.8) is 0 Å². The van der Waals surface area contributed by atoms with Gasteiger partial charge in [0.25, 0.3) is 0 Å². The van der Waals surface area contributed by atoms with Crippen LogP contribution in [0.5, 0.6) is 0 Å². The lowest BCUT2D eigenvalue weighted by molar-refractivity contribution is 0.578. The lowest BCUT2D eigenvalue weighted by Gasteiger charge is -2.09. The maximum absolute atomic E-state index is 12.0. The number of sulfonamides is 1. The number of halogens is 1. The van der Waals surface area contributed by atoms with Crippen molar-refractivity contribution >= 4 is 39.6 Å². The topological polar surface area (TPSA) is 114 Å². The molecule has 0 aliphatic heterocycles. The van der Waals surface area contributed by atoms with E-state index in [1.54, 1.807) is 0 Å². The standard InChI is InChI=1S/C9H12ClNO6S3/c1-11-20(16,17)9-5-3-2-4-8(9)18(12,13)6-7-19(10,14)15/h2-5,11H,6-7H2,1H3. The number of sulfone groups is 1. The summed E-state index contributed by atoms with van der Waals surface area (Å²) >= 11 is 0. The molecule has 0 atom stereocenters. The van der Waals surface area contributed by atoms with E-state index in [9.17, 15) is 25.3 Å². The van der Waals surface area contributed by atoms with Gasteiger partial charge in [0.05, 0.1) is 16.4 Å². The van der Waals surface area contributed by atoms with Gasteiger partial charge in [-0.3, -0.25) is 0 Å². The maximum atomic E-state index is 12.0. The summed E-state index contributed by atoms with van der Waals surface area (Å²) < 4.78 is 71.2. The molecule has 1 aromatic rings. The molecule has 0 bridgehead atoms. The normalized spacial score (nSPS) is 13.3. The van der Waals surface area contributed by atoms with Crippen LogP contribution >= 0.6 is 10.7 Å². The summed E-state index contributed by atoms with van der Waals surface area (Å²) in [6.45, 7) is 0. The molecular formula is C9H12ClNO6S3. The quantitative estimate of drug-likeness (QED) is 0.710. The highest BCUT2D eigenvalue weighted by Gasteiger charge is 2.26. The highest BCUT2D eigenvalue weighted by molar-refractivity contribution is 8.14. The Morgan fingerprint density at radius 3 is 1.90 bits per heavy atom. The van der Waals surface area contributed by atoms with Gasteiger partial charge in [-0.25, -0.2) is 30.0 Å². The van der Waals surface area contributed by atoms with Gasteiger partial charge >= 0.3 is 0 Å². The Balaban J connectivity index is 3.34. The molecule has 0 radical (unpaired) electrons. The third kappa shape index (κ3) is 4.42. The van der Waals surface area contributed by atoms with Crippen molar-refractivity contribution in [2.45, 2.75) is 9.79 Å². The van der Waals surface area contributed by atoms with Crippen LogP contribution in [0.1, 0.15) is 0 Å². The molecule has 1 aromatic carbocycles. The predicted molar refractivity (Wildman–Crippen MR) is 74.4 cm³/mol. The van der Waals surface area contributed by atoms with E-state index in [1.807, 2.05) is 4.72 Å². The first kappa shape index (κ1) is 17.4. The summed E-state index contributed by atoms with van der Waals surface area (Å²) in [6, 6.07) is 4.92. The number of rotatable bonds is 6. The van der Waals surface area contributed by atoms with Gasteiger partial charge in [0.15, 0.2) is 9.84 Å². The first-order valence-corrected chi connectivity index (χ1v) is 10.8. The van der Waals surface area contributed by atoms with Crippen LogP contribution in [0.15, 0.2) is 34.1 Å². The van der Waals surface area contributed by atoms with Crippen LogP contribution in [0.3, 0.4) is 0 Å². The monoisotopic (exact) mass is 361 g/mol. The zero-order valence-corrected chi connectivity index (χ0v) is 13.5. The van der Waals surface area contributed by atoms with Crippen LogP contribution in [-0.2, 0) is 28.9 Å². The highest BCUT2D eigenvalue weighted by atomic mass is 35.7.